The number of allylic oxidation sites excluding steroid dienone is 4. The van der Waals surface area contributed by atoms with Crippen LogP contribution in [0.25, 0.3) is 22.8 Å². The summed E-state index contributed by atoms with van der Waals surface area (Å²) in [6, 6.07) is 29.4. The number of fused-ring (bicyclic) bond motifs is 5. The van der Waals surface area contributed by atoms with Crippen molar-refractivity contribution < 1.29 is 23.2 Å². The summed E-state index contributed by atoms with van der Waals surface area (Å²) >= 11 is 5.96. The fourth-order valence-electron chi connectivity index (χ4n) is 6.22. The van der Waals surface area contributed by atoms with Crippen LogP contribution in [0, 0.1) is 0 Å². The molecular formula is C38H34ClNO5S. The quantitative estimate of drug-likeness (QED) is 0.167. The molecule has 2 N–H and O–H groups in total. The van der Waals surface area contributed by atoms with Crippen molar-refractivity contribution in [2.75, 3.05) is 0 Å². The van der Waals surface area contributed by atoms with Gasteiger partial charge in [0.1, 0.15) is 11.5 Å². The molecule has 3 aliphatic rings. The number of rotatable bonds is 5. The van der Waals surface area contributed by atoms with E-state index < -0.39 is 21.0 Å². The first-order valence-corrected chi connectivity index (χ1v) is 17.1. The van der Waals surface area contributed by atoms with Crippen LogP contribution >= 0.6 is 11.6 Å². The number of nitrogens with one attached hydrogen (secondary N) is 1. The lowest BCUT2D eigenvalue weighted by Crippen LogP contribution is -2.29. The Balaban J connectivity index is 0.000000224. The van der Waals surface area contributed by atoms with Gasteiger partial charge < -0.3 is 4.74 Å². The molecule has 1 atom stereocenters. The van der Waals surface area contributed by atoms with E-state index in [0.717, 1.165) is 37.2 Å². The van der Waals surface area contributed by atoms with E-state index in [2.05, 4.69) is 54.6 Å². The first-order chi connectivity index (χ1) is 22.2. The van der Waals surface area contributed by atoms with Gasteiger partial charge in [0.05, 0.1) is 5.25 Å². The number of sulfone groups is 1. The highest BCUT2D eigenvalue weighted by molar-refractivity contribution is 7.96. The second kappa shape index (κ2) is 13.5. The monoisotopic (exact) mass is 651 g/mol. The third-order valence-electron chi connectivity index (χ3n) is 8.68. The molecule has 0 bridgehead atoms. The summed E-state index contributed by atoms with van der Waals surface area (Å²) in [4.78, 5) is 11.0. The smallest absolute Gasteiger partial charge is 0.244 e. The van der Waals surface area contributed by atoms with Crippen molar-refractivity contribution in [1.29, 1.82) is 0 Å². The molecule has 234 valence electrons. The molecular weight excluding hydrogens is 618 g/mol. The molecule has 4 aromatic carbocycles. The van der Waals surface area contributed by atoms with E-state index in [-0.39, 0.29) is 11.3 Å². The summed E-state index contributed by atoms with van der Waals surface area (Å²) in [6.45, 7) is 1.47. The number of hydrogen-bond acceptors (Lipinski definition) is 5. The third kappa shape index (κ3) is 6.72. The molecule has 6 nitrogen and oxygen atoms in total. The van der Waals surface area contributed by atoms with Crippen LogP contribution in [-0.4, -0.2) is 24.8 Å². The van der Waals surface area contributed by atoms with Crippen molar-refractivity contribution in [1.82, 2.24) is 5.48 Å². The van der Waals surface area contributed by atoms with Crippen LogP contribution in [0.5, 0.6) is 11.5 Å². The van der Waals surface area contributed by atoms with E-state index in [0.29, 0.717) is 5.02 Å². The molecule has 0 saturated heterocycles. The molecule has 1 unspecified atom stereocenters. The Labute approximate surface area is 274 Å². The molecule has 1 aliphatic heterocycles. The summed E-state index contributed by atoms with van der Waals surface area (Å²) in [7, 11) is -3.41. The fraction of sp³-hybridized carbons (Fsp3) is 0.184. The number of amides is 1. The van der Waals surface area contributed by atoms with Gasteiger partial charge in [0.15, 0.2) is 9.84 Å². The van der Waals surface area contributed by atoms with Crippen LogP contribution in [0.4, 0.5) is 0 Å². The molecule has 0 radical (unpaired) electrons. The Hall–Kier alpha value is -4.43. The van der Waals surface area contributed by atoms with E-state index in [9.17, 15) is 13.2 Å². The standard InChI is InChI=1S/C30H23ClO.C8H11NO4S/c31-24-10-14-26(15-11-24)32-25-12-5-20(6-13-25)22-8-16-28-23(19-22)9-18-29-27-4-2-1-3-21(27)7-17-30(28)29;1-6-3-2-4-7(14(6,12)13)5-8(10)9-11/h1-6,9-15,18-19H,7-8,16-17H2;2-4,7,11H,5H2,1H3,(H,9,10). The highest BCUT2D eigenvalue weighted by Crippen LogP contribution is 2.40. The zero-order valence-electron chi connectivity index (χ0n) is 25.4. The third-order valence-corrected chi connectivity index (χ3v) is 11.1. The second-order valence-electron chi connectivity index (χ2n) is 11.6. The average molecular weight is 652 g/mol. The lowest BCUT2D eigenvalue weighted by Gasteiger charge is -2.26. The molecule has 46 heavy (non-hydrogen) atoms. The Bertz CT molecular complexity index is 1980. The Morgan fingerprint density at radius 3 is 2.30 bits per heavy atom. The molecule has 0 saturated carbocycles. The van der Waals surface area contributed by atoms with Crippen molar-refractivity contribution in [2.45, 2.75) is 44.3 Å². The summed E-state index contributed by atoms with van der Waals surface area (Å²) in [5.74, 6) is 0.915. The van der Waals surface area contributed by atoms with Gasteiger partial charge in [-0.3, -0.25) is 10.0 Å². The molecule has 8 heteroatoms. The predicted octanol–water partition coefficient (Wildman–Crippen LogP) is 8.52. The van der Waals surface area contributed by atoms with Gasteiger partial charge >= 0.3 is 0 Å². The Kier molecular flexibility index (Phi) is 9.27. The first kappa shape index (κ1) is 31.5. The minimum absolute atomic E-state index is 0.232. The zero-order chi connectivity index (χ0) is 32.3. The van der Waals surface area contributed by atoms with Crippen LogP contribution in [0.2, 0.25) is 5.02 Å². The van der Waals surface area contributed by atoms with Gasteiger partial charge in [0.2, 0.25) is 5.91 Å². The van der Waals surface area contributed by atoms with E-state index in [1.54, 1.807) is 17.2 Å². The maximum Gasteiger partial charge on any atom is 0.244 e. The van der Waals surface area contributed by atoms with Crippen LogP contribution in [0.15, 0.2) is 108 Å². The normalized spacial score (nSPS) is 17.2. The zero-order valence-corrected chi connectivity index (χ0v) is 26.9. The van der Waals surface area contributed by atoms with Crippen molar-refractivity contribution in [3.8, 4) is 22.6 Å². The van der Waals surface area contributed by atoms with E-state index >= 15 is 0 Å². The van der Waals surface area contributed by atoms with Crippen molar-refractivity contribution in [2.24, 2.45) is 0 Å². The number of ether oxygens (including phenoxy) is 1. The van der Waals surface area contributed by atoms with Crippen LogP contribution < -0.4 is 10.2 Å². The lowest BCUT2D eigenvalue weighted by molar-refractivity contribution is -0.129. The SMILES string of the molecule is CC1=CC=CC(CC(=O)NO)S1(=O)=O.Clc1ccc(Oc2ccc(C3=Cc4ccc5c(c4CC3)CCc3ccccc3-5)cc2)cc1. The van der Waals surface area contributed by atoms with Crippen molar-refractivity contribution in [3.63, 3.8) is 0 Å². The molecule has 1 heterocycles. The second-order valence-corrected chi connectivity index (χ2v) is 14.3. The van der Waals surface area contributed by atoms with Crippen LogP contribution in [0.3, 0.4) is 0 Å². The van der Waals surface area contributed by atoms with Gasteiger partial charge in [-0.15, -0.1) is 0 Å². The predicted molar refractivity (Wildman–Crippen MR) is 184 cm³/mol. The average Bonchev–Trinajstić information content (AvgIpc) is 3.08. The van der Waals surface area contributed by atoms with Crippen molar-refractivity contribution >= 4 is 39.0 Å². The van der Waals surface area contributed by atoms with Crippen molar-refractivity contribution in [3.05, 3.63) is 141 Å². The number of hydroxylamine groups is 1. The minimum Gasteiger partial charge on any atom is -0.457 e. The number of carbonyl (C=O) groups is 1. The van der Waals surface area contributed by atoms with E-state index in [1.165, 1.54) is 57.9 Å². The van der Waals surface area contributed by atoms with E-state index in [4.69, 9.17) is 21.5 Å². The van der Waals surface area contributed by atoms with Gasteiger partial charge in [-0.25, -0.2) is 13.9 Å². The molecule has 1 amide bonds. The minimum atomic E-state index is -3.41. The summed E-state index contributed by atoms with van der Waals surface area (Å²) in [6.07, 6.45) is 11.1. The summed E-state index contributed by atoms with van der Waals surface area (Å²) < 4.78 is 29.1. The molecule has 7 rings (SSSR count). The number of aryl methyl sites for hydroxylation is 1. The Morgan fingerprint density at radius 1 is 0.870 bits per heavy atom. The maximum atomic E-state index is 11.6. The van der Waals surface area contributed by atoms with Crippen LogP contribution in [0.1, 0.15) is 47.6 Å². The summed E-state index contributed by atoms with van der Waals surface area (Å²) in [5, 5.41) is 8.10. The lowest BCUT2D eigenvalue weighted by atomic mass is 9.78. The van der Waals surface area contributed by atoms with Gasteiger partial charge in [-0.1, -0.05) is 78.4 Å². The van der Waals surface area contributed by atoms with Crippen LogP contribution in [-0.2, 0) is 33.9 Å². The maximum absolute atomic E-state index is 11.6. The Morgan fingerprint density at radius 2 is 1.57 bits per heavy atom. The molecule has 2 aliphatic carbocycles. The highest BCUT2D eigenvalue weighted by atomic mass is 35.5. The number of benzene rings is 4. The highest BCUT2D eigenvalue weighted by Gasteiger charge is 2.29. The molecule has 0 aromatic heterocycles. The van der Waals surface area contributed by atoms with Gasteiger partial charge in [0.25, 0.3) is 0 Å². The molecule has 0 fully saturated rings. The van der Waals surface area contributed by atoms with Gasteiger partial charge in [0, 0.05) is 16.3 Å². The largest absolute Gasteiger partial charge is 0.457 e. The van der Waals surface area contributed by atoms with Gasteiger partial charge in [-0.2, -0.15) is 0 Å². The topological polar surface area (TPSA) is 92.7 Å². The fourth-order valence-corrected chi connectivity index (χ4v) is 7.76. The number of halogens is 1. The first-order valence-electron chi connectivity index (χ1n) is 15.2. The van der Waals surface area contributed by atoms with Gasteiger partial charge in [-0.05, 0) is 120 Å². The molecule has 0 spiro atoms. The number of carbonyl (C=O) groups excluding carboxylic acids is 1. The van der Waals surface area contributed by atoms with E-state index in [1.807, 2.05) is 36.4 Å². The summed E-state index contributed by atoms with van der Waals surface area (Å²) in [5.41, 5.74) is 12.9. The number of hydrogen-bond donors (Lipinski definition) is 2. The molecule has 4 aromatic rings.